The Kier molecular flexibility index (Phi) is 10.6. The van der Waals surface area contributed by atoms with Crippen LogP contribution in [0.1, 0.15) is 66.7 Å². The lowest BCUT2D eigenvalue weighted by Gasteiger charge is -2.32. The van der Waals surface area contributed by atoms with Crippen LogP contribution >= 0.6 is 12.4 Å². The first-order valence-electron chi connectivity index (χ1n) is 16.1. The molecule has 47 heavy (non-hydrogen) atoms. The minimum atomic E-state index is -0.979. The summed E-state index contributed by atoms with van der Waals surface area (Å²) >= 11 is 0. The number of pyridine rings is 1. The summed E-state index contributed by atoms with van der Waals surface area (Å²) in [5.41, 5.74) is 17.3. The number of nitrogens with one attached hydrogen (secondary N) is 3. The SMILES string of the molecule is Cc1nc(C(=O)NC2CCC2)ccc1-c1ccc(C[C@H](N)C(=O)N(c2ccc3[nH]c(=O)[nH]c3c2)C(=O)[C@H]2CC[C@H](CN)CC2)cc1.Cl. The van der Waals surface area contributed by atoms with Gasteiger partial charge in [0.05, 0.1) is 22.8 Å². The molecule has 7 N–H and O–H groups in total. The van der Waals surface area contributed by atoms with Crippen molar-refractivity contribution in [2.24, 2.45) is 23.3 Å². The zero-order chi connectivity index (χ0) is 32.4. The molecule has 1 atom stereocenters. The van der Waals surface area contributed by atoms with Gasteiger partial charge < -0.3 is 26.8 Å². The van der Waals surface area contributed by atoms with Crippen molar-refractivity contribution in [2.45, 2.75) is 70.4 Å². The molecule has 2 aliphatic carbocycles. The Labute approximate surface area is 279 Å². The van der Waals surface area contributed by atoms with E-state index >= 15 is 0 Å². The van der Waals surface area contributed by atoms with Crippen molar-refractivity contribution in [3.8, 4) is 11.1 Å². The van der Waals surface area contributed by atoms with Gasteiger partial charge in [0, 0.05) is 23.2 Å². The summed E-state index contributed by atoms with van der Waals surface area (Å²) in [6.07, 6.45) is 6.39. The molecule has 6 rings (SSSR count). The second-order valence-electron chi connectivity index (χ2n) is 12.7. The van der Waals surface area contributed by atoms with Gasteiger partial charge in [0.15, 0.2) is 0 Å². The highest BCUT2D eigenvalue weighted by molar-refractivity contribution is 6.17. The summed E-state index contributed by atoms with van der Waals surface area (Å²) in [5.74, 6) is -0.856. The van der Waals surface area contributed by atoms with E-state index < -0.39 is 11.9 Å². The number of aromatic nitrogens is 3. The van der Waals surface area contributed by atoms with Crippen molar-refractivity contribution in [3.63, 3.8) is 0 Å². The number of nitrogens with zero attached hydrogens (tertiary/aromatic N) is 2. The van der Waals surface area contributed by atoms with Crippen LogP contribution in [0, 0.1) is 18.8 Å². The lowest BCUT2D eigenvalue weighted by atomic mass is 9.81. The number of carbonyl (C=O) groups excluding carboxylic acids is 3. The van der Waals surface area contributed by atoms with E-state index in [1.807, 2.05) is 37.3 Å². The molecule has 0 unspecified atom stereocenters. The molecule has 2 fully saturated rings. The van der Waals surface area contributed by atoms with Crippen LogP contribution in [0.3, 0.4) is 0 Å². The number of aromatic amines is 2. The molecule has 0 radical (unpaired) electrons. The average molecular weight is 660 g/mol. The number of H-pyrrole nitrogens is 2. The molecule has 2 aromatic carbocycles. The van der Waals surface area contributed by atoms with Crippen LogP contribution in [-0.2, 0) is 16.0 Å². The van der Waals surface area contributed by atoms with Crippen molar-refractivity contribution in [1.82, 2.24) is 20.3 Å². The molecule has 12 heteroatoms. The lowest BCUT2D eigenvalue weighted by molar-refractivity contribution is -0.130. The van der Waals surface area contributed by atoms with Gasteiger partial charge >= 0.3 is 5.69 Å². The van der Waals surface area contributed by atoms with Crippen molar-refractivity contribution < 1.29 is 14.4 Å². The van der Waals surface area contributed by atoms with Crippen LogP contribution in [0.2, 0.25) is 0 Å². The smallest absolute Gasteiger partial charge is 0.323 e. The normalized spacial score (nSPS) is 18.5. The number of benzene rings is 2. The number of hydrogen-bond donors (Lipinski definition) is 5. The first-order valence-corrected chi connectivity index (χ1v) is 16.1. The lowest BCUT2D eigenvalue weighted by Crippen LogP contribution is -2.50. The first-order chi connectivity index (χ1) is 22.2. The number of halogens is 1. The van der Waals surface area contributed by atoms with E-state index in [2.05, 4.69) is 20.3 Å². The van der Waals surface area contributed by atoms with E-state index in [9.17, 15) is 19.2 Å². The maximum atomic E-state index is 13.9. The Morgan fingerprint density at radius 2 is 1.66 bits per heavy atom. The number of fused-ring (bicyclic) bond motifs is 1. The third-order valence-corrected chi connectivity index (χ3v) is 9.52. The fourth-order valence-corrected chi connectivity index (χ4v) is 6.48. The third-order valence-electron chi connectivity index (χ3n) is 9.52. The molecule has 248 valence electrons. The zero-order valence-corrected chi connectivity index (χ0v) is 27.3. The molecule has 3 amide bonds. The molecule has 0 saturated heterocycles. The van der Waals surface area contributed by atoms with Gasteiger partial charge in [-0.15, -0.1) is 12.4 Å². The van der Waals surface area contributed by atoms with Gasteiger partial charge in [0.25, 0.3) is 11.8 Å². The molecule has 2 heterocycles. The second-order valence-corrected chi connectivity index (χ2v) is 12.7. The molecule has 0 spiro atoms. The monoisotopic (exact) mass is 659 g/mol. The number of nitrogens with two attached hydrogens (primary N) is 2. The highest BCUT2D eigenvalue weighted by Gasteiger charge is 2.35. The van der Waals surface area contributed by atoms with E-state index in [4.69, 9.17) is 11.5 Å². The highest BCUT2D eigenvalue weighted by atomic mass is 35.5. The summed E-state index contributed by atoms with van der Waals surface area (Å²) in [7, 11) is 0. The van der Waals surface area contributed by atoms with Crippen LogP contribution in [0.15, 0.2) is 59.4 Å². The van der Waals surface area contributed by atoms with Gasteiger partial charge in [0.2, 0.25) is 5.91 Å². The number of amides is 3. The number of anilines is 1. The van der Waals surface area contributed by atoms with Gasteiger partial charge in [-0.2, -0.15) is 0 Å². The van der Waals surface area contributed by atoms with E-state index in [0.717, 1.165) is 54.5 Å². The third kappa shape index (κ3) is 7.48. The maximum absolute atomic E-state index is 13.9. The van der Waals surface area contributed by atoms with Crippen molar-refractivity contribution in [2.75, 3.05) is 11.4 Å². The minimum Gasteiger partial charge on any atom is -0.348 e. The number of imide groups is 1. The predicted octanol–water partition coefficient (Wildman–Crippen LogP) is 4.13. The van der Waals surface area contributed by atoms with Crippen molar-refractivity contribution in [3.05, 3.63) is 82.0 Å². The van der Waals surface area contributed by atoms with Gasteiger partial charge in [-0.25, -0.2) is 14.7 Å². The molecular weight excluding hydrogens is 618 g/mol. The molecule has 2 aromatic heterocycles. The van der Waals surface area contributed by atoms with Gasteiger partial charge in [-0.3, -0.25) is 14.4 Å². The topological polar surface area (TPSA) is 180 Å². The number of carbonyl (C=O) groups is 3. The minimum absolute atomic E-state index is 0. The van der Waals surface area contributed by atoms with E-state index in [-0.39, 0.29) is 48.3 Å². The molecule has 11 nitrogen and oxygen atoms in total. The summed E-state index contributed by atoms with van der Waals surface area (Å²) < 4.78 is 0. The molecule has 0 bridgehead atoms. The zero-order valence-electron chi connectivity index (χ0n) is 26.5. The second kappa shape index (κ2) is 14.6. The number of aryl methyl sites for hydroxylation is 1. The van der Waals surface area contributed by atoms with Crippen molar-refractivity contribution >= 4 is 46.8 Å². The highest BCUT2D eigenvalue weighted by Crippen LogP contribution is 2.32. The molecule has 2 saturated carbocycles. The average Bonchev–Trinajstić information content (AvgIpc) is 3.42. The van der Waals surface area contributed by atoms with E-state index in [1.54, 1.807) is 24.3 Å². The Morgan fingerprint density at radius 3 is 2.30 bits per heavy atom. The Balaban J connectivity index is 0.00000433. The largest absolute Gasteiger partial charge is 0.348 e. The summed E-state index contributed by atoms with van der Waals surface area (Å²) in [5, 5.41) is 3.02. The van der Waals surface area contributed by atoms with Crippen LogP contribution in [-0.4, -0.2) is 51.3 Å². The quantitative estimate of drug-likeness (QED) is 0.179. The Hall–Kier alpha value is -4.32. The number of rotatable bonds is 9. The standard InChI is InChI=1S/C35H41N7O4.ClH/c1-20-27(14-16-30(38-20)32(43)39-25-3-2-4-25)23-9-5-21(6-10-23)17-28(37)34(45)42(33(44)24-11-7-22(19-36)8-12-24)26-13-15-29-31(18-26)41-35(46)40-29;/h5-6,9-10,13-16,18,22,24-25,28H,2-4,7-8,11-12,17,19,36-37H2,1H3,(H,39,43)(H2,40,41,46);1H/t22-,24-,28-;/m0./s1. The van der Waals surface area contributed by atoms with E-state index in [0.29, 0.717) is 47.7 Å². The van der Waals surface area contributed by atoms with Crippen molar-refractivity contribution in [1.29, 1.82) is 0 Å². The molecule has 4 aromatic rings. The fraction of sp³-hybridized carbons (Fsp3) is 0.400. The molecular formula is C35H42ClN7O4. The van der Waals surface area contributed by atoms with Crippen LogP contribution in [0.25, 0.3) is 22.2 Å². The molecule has 2 aliphatic rings. The van der Waals surface area contributed by atoms with Crippen LogP contribution < -0.4 is 27.4 Å². The van der Waals surface area contributed by atoms with Crippen LogP contribution in [0.4, 0.5) is 5.69 Å². The maximum Gasteiger partial charge on any atom is 0.323 e. The Morgan fingerprint density at radius 1 is 0.957 bits per heavy atom. The summed E-state index contributed by atoms with van der Waals surface area (Å²) in [4.78, 5) is 63.4. The first kappa shape index (κ1) is 34.0. The summed E-state index contributed by atoms with van der Waals surface area (Å²) in [6, 6.07) is 15.6. The van der Waals surface area contributed by atoms with E-state index in [1.165, 1.54) is 4.90 Å². The number of imidazole rings is 1. The fourth-order valence-electron chi connectivity index (χ4n) is 6.48. The Bertz CT molecular complexity index is 1810. The van der Waals surface area contributed by atoms with Gasteiger partial charge in [-0.1, -0.05) is 30.3 Å². The number of hydrogen-bond acceptors (Lipinski definition) is 7. The predicted molar refractivity (Wildman–Crippen MR) is 184 cm³/mol. The summed E-state index contributed by atoms with van der Waals surface area (Å²) in [6.45, 7) is 2.47. The van der Waals surface area contributed by atoms with Crippen LogP contribution in [0.5, 0.6) is 0 Å². The van der Waals surface area contributed by atoms with Gasteiger partial charge in [-0.05, 0) is 106 Å². The molecule has 0 aliphatic heterocycles. The van der Waals surface area contributed by atoms with Gasteiger partial charge in [0.1, 0.15) is 5.69 Å².